The van der Waals surface area contributed by atoms with Gasteiger partial charge in [-0.15, -0.1) is 0 Å². The van der Waals surface area contributed by atoms with Crippen LogP contribution in [0.4, 0.5) is 5.82 Å². The smallest absolute Gasteiger partial charge is 0.306 e. The molecule has 1 fully saturated rings. The summed E-state index contributed by atoms with van der Waals surface area (Å²) in [6.07, 6.45) is 3.04. The monoisotopic (exact) mass is 262 g/mol. The molecule has 3 rings (SSSR count). The number of aromatic nitrogens is 3. The third-order valence-corrected chi connectivity index (χ3v) is 3.17. The Hall–Kier alpha value is -2.15. The summed E-state index contributed by atoms with van der Waals surface area (Å²) in [5, 5.41) is 9.78. The number of aromatic amines is 1. The highest BCUT2D eigenvalue weighted by atomic mass is 16.5. The molecule has 1 unspecified atom stereocenters. The van der Waals surface area contributed by atoms with Gasteiger partial charge in [-0.25, -0.2) is 9.97 Å². The fourth-order valence-corrected chi connectivity index (χ4v) is 2.34. The van der Waals surface area contributed by atoms with Crippen LogP contribution in [0.2, 0.25) is 0 Å². The van der Waals surface area contributed by atoms with E-state index in [1.807, 2.05) is 12.3 Å². The number of H-pyrrole nitrogens is 1. The van der Waals surface area contributed by atoms with Crippen molar-refractivity contribution < 1.29 is 14.6 Å². The molecule has 1 aliphatic heterocycles. The van der Waals surface area contributed by atoms with E-state index < -0.39 is 5.97 Å². The molecule has 7 nitrogen and oxygen atoms in total. The number of hydrogen-bond donors (Lipinski definition) is 2. The van der Waals surface area contributed by atoms with E-state index >= 15 is 0 Å². The third kappa shape index (κ3) is 2.37. The van der Waals surface area contributed by atoms with Crippen molar-refractivity contribution in [1.82, 2.24) is 15.0 Å². The van der Waals surface area contributed by atoms with Gasteiger partial charge in [0, 0.05) is 19.3 Å². The number of rotatable bonds is 3. The van der Waals surface area contributed by atoms with E-state index in [0.717, 1.165) is 16.9 Å². The van der Waals surface area contributed by atoms with Crippen LogP contribution in [0.1, 0.15) is 6.42 Å². The Bertz CT molecular complexity index is 597. The van der Waals surface area contributed by atoms with Crippen molar-refractivity contribution in [2.45, 2.75) is 12.5 Å². The van der Waals surface area contributed by atoms with E-state index in [1.165, 1.54) is 6.33 Å². The van der Waals surface area contributed by atoms with Gasteiger partial charge in [0.05, 0.1) is 24.5 Å². The lowest BCUT2D eigenvalue weighted by atomic mass is 10.2. The lowest BCUT2D eigenvalue weighted by Gasteiger charge is -2.33. The van der Waals surface area contributed by atoms with Gasteiger partial charge in [-0.1, -0.05) is 0 Å². The number of aliphatic carboxylic acids is 1. The minimum Gasteiger partial charge on any atom is -0.481 e. The summed E-state index contributed by atoms with van der Waals surface area (Å²) in [4.78, 5) is 24.3. The largest absolute Gasteiger partial charge is 0.481 e. The molecule has 7 heteroatoms. The maximum Gasteiger partial charge on any atom is 0.306 e. The normalized spacial score (nSPS) is 19.8. The molecule has 2 N–H and O–H groups in total. The molecule has 0 amide bonds. The van der Waals surface area contributed by atoms with E-state index in [1.54, 1.807) is 0 Å². The predicted octanol–water partition coefficient (Wildman–Crippen LogP) is 0.638. The number of hydrogen-bond acceptors (Lipinski definition) is 5. The molecule has 100 valence electrons. The number of nitrogens with one attached hydrogen (secondary N) is 1. The average molecular weight is 262 g/mol. The lowest BCUT2D eigenvalue weighted by Crippen LogP contribution is -2.43. The first-order valence-electron chi connectivity index (χ1n) is 6.10. The molecule has 1 atom stereocenters. The fraction of sp³-hybridized carbons (Fsp3) is 0.417. The number of carbonyl (C=O) groups is 1. The molecule has 0 radical (unpaired) electrons. The maximum absolute atomic E-state index is 10.8. The first kappa shape index (κ1) is 11.9. The molecular weight excluding hydrogens is 248 g/mol. The number of carboxylic acid groups (broad SMARTS) is 1. The minimum absolute atomic E-state index is 0.0118. The van der Waals surface area contributed by atoms with Crippen molar-refractivity contribution in [2.24, 2.45) is 0 Å². The van der Waals surface area contributed by atoms with Crippen LogP contribution < -0.4 is 4.90 Å². The molecule has 0 bridgehead atoms. The van der Waals surface area contributed by atoms with E-state index in [9.17, 15) is 4.79 Å². The number of nitrogens with zero attached hydrogens (tertiary/aromatic N) is 3. The third-order valence-electron chi connectivity index (χ3n) is 3.17. The van der Waals surface area contributed by atoms with Gasteiger partial charge in [0.15, 0.2) is 0 Å². The molecule has 3 heterocycles. The van der Waals surface area contributed by atoms with Crippen LogP contribution in [0.15, 0.2) is 18.6 Å². The lowest BCUT2D eigenvalue weighted by molar-refractivity contribution is -0.140. The van der Waals surface area contributed by atoms with Gasteiger partial charge in [-0.2, -0.15) is 0 Å². The highest BCUT2D eigenvalue weighted by Crippen LogP contribution is 2.24. The van der Waals surface area contributed by atoms with Gasteiger partial charge in [0.25, 0.3) is 0 Å². The molecule has 2 aromatic rings. The first-order valence-corrected chi connectivity index (χ1v) is 6.10. The van der Waals surface area contributed by atoms with Gasteiger partial charge >= 0.3 is 5.97 Å². The van der Waals surface area contributed by atoms with Crippen molar-refractivity contribution in [2.75, 3.05) is 24.6 Å². The summed E-state index contributed by atoms with van der Waals surface area (Å²) >= 11 is 0. The number of morpholine rings is 1. The molecule has 2 aromatic heterocycles. The second-order valence-corrected chi connectivity index (χ2v) is 4.47. The van der Waals surface area contributed by atoms with Crippen LogP contribution in [0.5, 0.6) is 0 Å². The maximum atomic E-state index is 10.8. The second-order valence-electron chi connectivity index (χ2n) is 4.47. The summed E-state index contributed by atoms with van der Waals surface area (Å²) in [7, 11) is 0. The highest BCUT2D eigenvalue weighted by molar-refractivity contribution is 5.87. The van der Waals surface area contributed by atoms with Gasteiger partial charge in [0.1, 0.15) is 17.8 Å². The molecule has 19 heavy (non-hydrogen) atoms. The van der Waals surface area contributed by atoms with Crippen LogP contribution in [-0.2, 0) is 9.53 Å². The summed E-state index contributed by atoms with van der Waals surface area (Å²) in [5.74, 6) is -0.0220. The standard InChI is InChI=1S/C12H14N4O3/c17-10(18)5-8-6-16(3-4-19-8)12-9-1-2-13-11(9)14-7-15-12/h1-2,7-8H,3-6H2,(H,17,18)(H,13,14,15). The van der Waals surface area contributed by atoms with Crippen molar-refractivity contribution in [3.05, 3.63) is 18.6 Å². The molecule has 0 aromatic carbocycles. The summed E-state index contributed by atoms with van der Waals surface area (Å²) < 4.78 is 5.46. The van der Waals surface area contributed by atoms with Gasteiger partial charge in [-0.05, 0) is 6.07 Å². The number of carboxylic acids is 1. The van der Waals surface area contributed by atoms with E-state index in [0.29, 0.717) is 19.7 Å². The molecule has 1 saturated heterocycles. The second kappa shape index (κ2) is 4.85. The Balaban J connectivity index is 1.85. The molecule has 0 aliphatic carbocycles. The van der Waals surface area contributed by atoms with Crippen LogP contribution in [0.3, 0.4) is 0 Å². The van der Waals surface area contributed by atoms with Crippen molar-refractivity contribution in [3.8, 4) is 0 Å². The summed E-state index contributed by atoms with van der Waals surface area (Å²) in [6, 6.07) is 1.92. The van der Waals surface area contributed by atoms with Crippen molar-refractivity contribution in [1.29, 1.82) is 0 Å². The van der Waals surface area contributed by atoms with E-state index in [-0.39, 0.29) is 12.5 Å². The zero-order valence-corrected chi connectivity index (χ0v) is 10.2. The number of ether oxygens (including phenoxy) is 1. The van der Waals surface area contributed by atoms with Gasteiger partial charge in [-0.3, -0.25) is 4.79 Å². The average Bonchev–Trinajstić information content (AvgIpc) is 2.86. The zero-order chi connectivity index (χ0) is 13.2. The molecule has 0 saturated carbocycles. The highest BCUT2D eigenvalue weighted by Gasteiger charge is 2.24. The van der Waals surface area contributed by atoms with Crippen molar-refractivity contribution in [3.63, 3.8) is 0 Å². The number of anilines is 1. The number of fused-ring (bicyclic) bond motifs is 1. The van der Waals surface area contributed by atoms with Crippen LogP contribution in [-0.4, -0.2) is 51.8 Å². The Kier molecular flexibility index (Phi) is 3.04. The molecule has 0 spiro atoms. The summed E-state index contributed by atoms with van der Waals surface area (Å²) in [5.41, 5.74) is 0.784. The minimum atomic E-state index is -0.846. The van der Waals surface area contributed by atoms with Crippen molar-refractivity contribution >= 4 is 22.8 Å². The van der Waals surface area contributed by atoms with Crippen LogP contribution in [0, 0.1) is 0 Å². The molecule has 1 aliphatic rings. The molecular formula is C12H14N4O3. The van der Waals surface area contributed by atoms with Crippen LogP contribution in [0.25, 0.3) is 11.0 Å². The van der Waals surface area contributed by atoms with E-state index in [4.69, 9.17) is 9.84 Å². The van der Waals surface area contributed by atoms with Crippen LogP contribution >= 0.6 is 0 Å². The Morgan fingerprint density at radius 2 is 2.47 bits per heavy atom. The SMILES string of the molecule is O=C(O)CC1CN(c2ncnc3[nH]ccc23)CCO1. The zero-order valence-electron chi connectivity index (χ0n) is 10.2. The quantitative estimate of drug-likeness (QED) is 0.843. The topological polar surface area (TPSA) is 91.3 Å². The Morgan fingerprint density at radius 1 is 1.58 bits per heavy atom. The Morgan fingerprint density at radius 3 is 3.32 bits per heavy atom. The van der Waals surface area contributed by atoms with E-state index in [2.05, 4.69) is 19.9 Å². The van der Waals surface area contributed by atoms with Gasteiger partial charge < -0.3 is 19.7 Å². The fourth-order valence-electron chi connectivity index (χ4n) is 2.34. The Labute approximate surface area is 109 Å². The predicted molar refractivity (Wildman–Crippen MR) is 68.1 cm³/mol. The summed E-state index contributed by atoms with van der Waals surface area (Å²) in [6.45, 7) is 1.74. The van der Waals surface area contributed by atoms with Gasteiger partial charge in [0.2, 0.25) is 0 Å². The first-order chi connectivity index (χ1) is 9.24.